The smallest absolute Gasteiger partial charge is 0.407 e. The monoisotopic (exact) mass is 225 g/mol. The minimum Gasteiger partial charge on any atom is -0.450 e. The van der Waals surface area contributed by atoms with Gasteiger partial charge < -0.3 is 10.1 Å². The molecule has 92 valence electrons. The molecule has 0 aromatic carbocycles. The van der Waals surface area contributed by atoms with Gasteiger partial charge in [-0.15, -0.1) is 0 Å². The molecule has 0 bridgehead atoms. The van der Waals surface area contributed by atoms with E-state index in [-0.39, 0.29) is 6.09 Å². The van der Waals surface area contributed by atoms with E-state index in [9.17, 15) is 4.79 Å². The molecule has 0 heterocycles. The molecule has 1 N–H and O–H groups in total. The van der Waals surface area contributed by atoms with Crippen LogP contribution in [0.2, 0.25) is 0 Å². The molecule has 0 unspecified atom stereocenters. The number of hydrogen-bond donors (Lipinski definition) is 1. The molecule has 0 saturated carbocycles. The van der Waals surface area contributed by atoms with Crippen LogP contribution in [0.5, 0.6) is 0 Å². The number of carbonyl (C=O) groups is 1. The van der Waals surface area contributed by atoms with Crippen molar-refractivity contribution in [2.75, 3.05) is 13.2 Å². The lowest BCUT2D eigenvalue weighted by Crippen LogP contribution is -2.25. The Morgan fingerprint density at radius 3 is 2.56 bits per heavy atom. The van der Waals surface area contributed by atoms with Crippen LogP contribution in [0, 0.1) is 23.7 Å². The van der Waals surface area contributed by atoms with Gasteiger partial charge in [0.2, 0.25) is 0 Å². The van der Waals surface area contributed by atoms with Gasteiger partial charge in [0, 0.05) is 5.92 Å². The first-order valence-electron chi connectivity index (χ1n) is 5.91. The summed E-state index contributed by atoms with van der Waals surface area (Å²) in [4.78, 5) is 11.1. The molecule has 0 rings (SSSR count). The molecule has 0 aliphatic rings. The van der Waals surface area contributed by atoms with Crippen molar-refractivity contribution in [1.82, 2.24) is 5.32 Å². The summed E-state index contributed by atoms with van der Waals surface area (Å²) in [6.45, 7) is 9.18. The summed E-state index contributed by atoms with van der Waals surface area (Å²) in [5.41, 5.74) is 0. The van der Waals surface area contributed by atoms with E-state index < -0.39 is 0 Å². The Labute approximate surface area is 98.9 Å². The molecule has 0 fully saturated rings. The quantitative estimate of drug-likeness (QED) is 0.577. The molecule has 0 saturated heterocycles. The van der Waals surface area contributed by atoms with Crippen LogP contribution < -0.4 is 5.32 Å². The van der Waals surface area contributed by atoms with Crippen LogP contribution in [0.4, 0.5) is 4.79 Å². The summed E-state index contributed by atoms with van der Waals surface area (Å²) in [5.74, 6) is 6.82. The van der Waals surface area contributed by atoms with E-state index in [2.05, 4.69) is 31.0 Å². The molecular formula is C13H23NO2. The van der Waals surface area contributed by atoms with E-state index in [1.165, 1.54) is 0 Å². The first-order chi connectivity index (χ1) is 7.52. The molecule has 3 nitrogen and oxygen atoms in total. The van der Waals surface area contributed by atoms with Crippen molar-refractivity contribution in [3.63, 3.8) is 0 Å². The fraction of sp³-hybridized carbons (Fsp3) is 0.769. The third-order valence-corrected chi connectivity index (χ3v) is 1.87. The summed E-state index contributed by atoms with van der Waals surface area (Å²) in [5, 5.41) is 2.59. The van der Waals surface area contributed by atoms with Crippen LogP contribution in [0.25, 0.3) is 0 Å². The summed E-state index contributed by atoms with van der Waals surface area (Å²) < 4.78 is 4.98. The molecule has 0 aromatic heterocycles. The lowest BCUT2D eigenvalue weighted by molar-refractivity contribution is 0.144. The molecular weight excluding hydrogens is 202 g/mol. The zero-order valence-corrected chi connectivity index (χ0v) is 10.8. The number of alkyl carbamates (subject to hydrolysis) is 1. The second kappa shape index (κ2) is 9.08. The van der Waals surface area contributed by atoms with Crippen molar-refractivity contribution in [2.45, 2.75) is 40.5 Å². The van der Waals surface area contributed by atoms with E-state index in [1.54, 1.807) is 0 Å². The number of nitrogens with one attached hydrogen (secondary N) is 1. The van der Waals surface area contributed by atoms with Crippen LogP contribution in [-0.2, 0) is 4.74 Å². The van der Waals surface area contributed by atoms with Gasteiger partial charge in [0.05, 0.1) is 13.2 Å². The van der Waals surface area contributed by atoms with Crippen molar-refractivity contribution in [3.8, 4) is 11.8 Å². The third kappa shape index (κ3) is 10.9. The van der Waals surface area contributed by atoms with E-state index in [1.807, 2.05) is 13.8 Å². The van der Waals surface area contributed by atoms with Crippen molar-refractivity contribution in [3.05, 3.63) is 0 Å². The predicted octanol–water partition coefficient (Wildman–Crippen LogP) is 2.81. The maximum Gasteiger partial charge on any atom is 0.407 e. The second-order valence-electron chi connectivity index (χ2n) is 4.50. The highest BCUT2D eigenvalue weighted by Gasteiger charge is 2.00. The van der Waals surface area contributed by atoms with Gasteiger partial charge in [-0.3, -0.25) is 0 Å². The number of ether oxygens (including phenoxy) is 1. The molecule has 0 aliphatic carbocycles. The van der Waals surface area contributed by atoms with Crippen LogP contribution in [-0.4, -0.2) is 19.2 Å². The fourth-order valence-corrected chi connectivity index (χ4v) is 1.08. The summed E-state index contributed by atoms with van der Waals surface area (Å²) >= 11 is 0. The molecule has 3 heteroatoms. The van der Waals surface area contributed by atoms with E-state index in [0.29, 0.717) is 25.0 Å². The zero-order chi connectivity index (χ0) is 12.4. The Kier molecular flexibility index (Phi) is 8.42. The highest BCUT2D eigenvalue weighted by molar-refractivity contribution is 5.67. The minimum atomic E-state index is -0.373. The van der Waals surface area contributed by atoms with Crippen LogP contribution in [0.3, 0.4) is 0 Å². The number of amides is 1. The molecule has 0 radical (unpaired) electrons. The number of carbonyl (C=O) groups excluding carboxylic acids is 1. The zero-order valence-electron chi connectivity index (χ0n) is 10.8. The van der Waals surface area contributed by atoms with Gasteiger partial charge in [0.25, 0.3) is 0 Å². The predicted molar refractivity (Wildman–Crippen MR) is 66.0 cm³/mol. The van der Waals surface area contributed by atoms with Crippen molar-refractivity contribution < 1.29 is 9.53 Å². The van der Waals surface area contributed by atoms with Crippen molar-refractivity contribution >= 4 is 6.09 Å². The summed E-state index contributed by atoms with van der Waals surface area (Å²) in [6.07, 6.45) is 1.63. The van der Waals surface area contributed by atoms with E-state index in [4.69, 9.17) is 4.74 Å². The molecule has 0 aromatic rings. The Bertz CT molecular complexity index is 248. The van der Waals surface area contributed by atoms with Crippen molar-refractivity contribution in [2.24, 2.45) is 11.8 Å². The Hall–Kier alpha value is -1.17. The molecule has 0 atom stereocenters. The Morgan fingerprint density at radius 1 is 1.31 bits per heavy atom. The normalized spacial score (nSPS) is 9.88. The maximum absolute atomic E-state index is 11.1. The standard InChI is InChI=1S/C13H23NO2/c1-11(2)7-5-9-14-13(15)16-10-6-8-12(3)4/h11-12H,6,8-10H2,1-4H3,(H,14,15). The van der Waals surface area contributed by atoms with Gasteiger partial charge in [0.15, 0.2) is 0 Å². The van der Waals surface area contributed by atoms with Crippen LogP contribution in [0.15, 0.2) is 0 Å². The maximum atomic E-state index is 11.1. The Morgan fingerprint density at radius 2 is 2.00 bits per heavy atom. The Balaban J connectivity index is 3.43. The minimum absolute atomic E-state index is 0.337. The SMILES string of the molecule is CC(C)C#CCNC(=O)OCCCC(C)C. The average molecular weight is 225 g/mol. The average Bonchev–Trinajstić information content (AvgIpc) is 2.19. The van der Waals surface area contributed by atoms with E-state index >= 15 is 0 Å². The number of hydrogen-bond acceptors (Lipinski definition) is 2. The largest absolute Gasteiger partial charge is 0.450 e. The second-order valence-corrected chi connectivity index (χ2v) is 4.50. The summed E-state index contributed by atoms with van der Waals surface area (Å²) in [7, 11) is 0. The first kappa shape index (κ1) is 14.8. The molecule has 0 spiro atoms. The highest BCUT2D eigenvalue weighted by atomic mass is 16.5. The molecule has 1 amide bonds. The van der Waals surface area contributed by atoms with Gasteiger partial charge >= 0.3 is 6.09 Å². The first-order valence-corrected chi connectivity index (χ1v) is 5.91. The lowest BCUT2D eigenvalue weighted by atomic mass is 10.1. The number of rotatable bonds is 5. The van der Waals surface area contributed by atoms with Gasteiger partial charge in [-0.25, -0.2) is 4.79 Å². The van der Waals surface area contributed by atoms with Gasteiger partial charge in [-0.2, -0.15) is 0 Å². The summed E-state index contributed by atoms with van der Waals surface area (Å²) in [6, 6.07) is 0. The molecule has 16 heavy (non-hydrogen) atoms. The van der Waals surface area contributed by atoms with E-state index in [0.717, 1.165) is 12.8 Å². The van der Waals surface area contributed by atoms with Crippen LogP contribution >= 0.6 is 0 Å². The highest BCUT2D eigenvalue weighted by Crippen LogP contribution is 2.02. The van der Waals surface area contributed by atoms with Gasteiger partial charge in [0.1, 0.15) is 0 Å². The van der Waals surface area contributed by atoms with Crippen LogP contribution in [0.1, 0.15) is 40.5 Å². The fourth-order valence-electron chi connectivity index (χ4n) is 1.08. The topological polar surface area (TPSA) is 38.3 Å². The van der Waals surface area contributed by atoms with Gasteiger partial charge in [-0.1, -0.05) is 39.5 Å². The third-order valence-electron chi connectivity index (χ3n) is 1.87. The van der Waals surface area contributed by atoms with Gasteiger partial charge in [-0.05, 0) is 18.8 Å². The lowest BCUT2D eigenvalue weighted by Gasteiger charge is -2.06. The molecule has 0 aliphatic heterocycles. The van der Waals surface area contributed by atoms with Crippen molar-refractivity contribution in [1.29, 1.82) is 0 Å².